The first kappa shape index (κ1) is 19.6. The van der Waals surface area contributed by atoms with Gasteiger partial charge in [-0.2, -0.15) is 0 Å². The first-order valence-electron chi connectivity index (χ1n) is 9.83. The van der Waals surface area contributed by atoms with Gasteiger partial charge in [-0.1, -0.05) is 48.5 Å². The van der Waals surface area contributed by atoms with Gasteiger partial charge >= 0.3 is 5.97 Å². The van der Waals surface area contributed by atoms with Gasteiger partial charge in [0.2, 0.25) is 0 Å². The highest BCUT2D eigenvalue weighted by atomic mass is 16.5. The Hall–Kier alpha value is -3.66. The van der Waals surface area contributed by atoms with Crippen molar-refractivity contribution in [3.8, 4) is 0 Å². The summed E-state index contributed by atoms with van der Waals surface area (Å²) in [6, 6.07) is 19.7. The van der Waals surface area contributed by atoms with Gasteiger partial charge in [0.05, 0.1) is 18.3 Å². The fourth-order valence-corrected chi connectivity index (χ4v) is 3.89. The number of carbonyl (C=O) groups excluding carboxylic acids is 2. The summed E-state index contributed by atoms with van der Waals surface area (Å²) in [5.74, 6) is -0.747. The van der Waals surface area contributed by atoms with Crippen LogP contribution in [0.15, 0.2) is 77.5 Å². The number of hydrogen-bond donors (Lipinski definition) is 0. The minimum atomic E-state index is -0.515. The molecule has 4 nitrogen and oxygen atoms in total. The lowest BCUT2D eigenvalue weighted by atomic mass is 9.99. The number of allylic oxidation sites excluding steroid dienone is 1. The summed E-state index contributed by atoms with van der Waals surface area (Å²) in [6.07, 6.45) is 1.79. The van der Waals surface area contributed by atoms with Crippen LogP contribution in [-0.4, -0.2) is 19.0 Å². The van der Waals surface area contributed by atoms with Crippen molar-refractivity contribution < 1.29 is 14.3 Å². The van der Waals surface area contributed by atoms with Crippen molar-refractivity contribution in [3.63, 3.8) is 0 Å². The quantitative estimate of drug-likeness (QED) is 0.443. The molecule has 1 heterocycles. The molecule has 3 aromatic rings. The third kappa shape index (κ3) is 3.20. The largest absolute Gasteiger partial charge is 0.465 e. The lowest BCUT2D eigenvalue weighted by molar-refractivity contribution is -0.136. The number of benzene rings is 3. The fourth-order valence-electron chi connectivity index (χ4n) is 3.89. The van der Waals surface area contributed by atoms with E-state index in [2.05, 4.69) is 0 Å². The average Bonchev–Trinajstić information content (AvgIpc) is 2.99. The second kappa shape index (κ2) is 7.64. The molecule has 0 aromatic heterocycles. The van der Waals surface area contributed by atoms with E-state index >= 15 is 0 Å². The Morgan fingerprint density at radius 1 is 0.933 bits per heavy atom. The maximum atomic E-state index is 13.5. The molecule has 0 radical (unpaired) electrons. The van der Waals surface area contributed by atoms with Crippen molar-refractivity contribution in [1.29, 1.82) is 0 Å². The Kier molecular flexibility index (Phi) is 5.00. The van der Waals surface area contributed by atoms with E-state index in [-0.39, 0.29) is 5.91 Å². The molecule has 1 aliphatic heterocycles. The molecule has 0 atom stereocenters. The molecule has 0 saturated heterocycles. The second-order valence-electron chi connectivity index (χ2n) is 7.49. The highest BCUT2D eigenvalue weighted by Gasteiger charge is 2.38. The van der Waals surface area contributed by atoms with Gasteiger partial charge in [-0.25, -0.2) is 4.79 Å². The number of fused-ring (bicyclic) bond motifs is 1. The third-order valence-corrected chi connectivity index (χ3v) is 5.66. The minimum Gasteiger partial charge on any atom is -0.465 e. The zero-order valence-electron chi connectivity index (χ0n) is 17.5. The van der Waals surface area contributed by atoms with Gasteiger partial charge in [-0.05, 0) is 66.4 Å². The molecule has 30 heavy (non-hydrogen) atoms. The molecule has 150 valence electrons. The highest BCUT2D eigenvalue weighted by Crippen LogP contribution is 2.36. The Labute approximate surface area is 176 Å². The van der Waals surface area contributed by atoms with Crippen LogP contribution in [0.5, 0.6) is 0 Å². The highest BCUT2D eigenvalue weighted by molar-refractivity contribution is 6.24. The van der Waals surface area contributed by atoms with E-state index in [1.807, 2.05) is 74.5 Å². The summed E-state index contributed by atoms with van der Waals surface area (Å²) in [5, 5.41) is 2.09. The van der Waals surface area contributed by atoms with Crippen LogP contribution in [0.4, 0.5) is 5.69 Å². The summed E-state index contributed by atoms with van der Waals surface area (Å²) in [4.78, 5) is 27.7. The number of anilines is 1. The molecule has 0 bridgehead atoms. The zero-order valence-corrected chi connectivity index (χ0v) is 17.5. The van der Waals surface area contributed by atoms with Crippen molar-refractivity contribution in [2.45, 2.75) is 20.8 Å². The van der Waals surface area contributed by atoms with E-state index in [0.29, 0.717) is 16.8 Å². The topological polar surface area (TPSA) is 46.6 Å². The van der Waals surface area contributed by atoms with Crippen LogP contribution >= 0.6 is 0 Å². The van der Waals surface area contributed by atoms with Crippen LogP contribution in [0.25, 0.3) is 16.8 Å². The second-order valence-corrected chi connectivity index (χ2v) is 7.49. The van der Waals surface area contributed by atoms with Gasteiger partial charge in [0.25, 0.3) is 5.91 Å². The fraction of sp³-hybridized carbons (Fsp3) is 0.154. The van der Waals surface area contributed by atoms with E-state index in [1.54, 1.807) is 17.9 Å². The standard InChI is InChI=1S/C26H23NO3/c1-16-12-13-21(14-17(16)2)27-18(3)24(26(29)30-4)23(25(27)28)15-20-10-7-9-19-8-5-6-11-22(19)20/h5-15H,1-4H3/b23-15-. The van der Waals surface area contributed by atoms with Gasteiger partial charge in [0.15, 0.2) is 0 Å². The van der Waals surface area contributed by atoms with Crippen LogP contribution in [0.1, 0.15) is 23.6 Å². The minimum absolute atomic E-state index is 0.232. The van der Waals surface area contributed by atoms with Crippen LogP contribution in [-0.2, 0) is 14.3 Å². The molecule has 0 N–H and O–H groups in total. The van der Waals surface area contributed by atoms with E-state index in [1.165, 1.54) is 7.11 Å². The van der Waals surface area contributed by atoms with E-state index in [4.69, 9.17) is 4.74 Å². The molecule has 0 saturated carbocycles. The maximum Gasteiger partial charge on any atom is 0.340 e. The van der Waals surface area contributed by atoms with Gasteiger partial charge in [-0.15, -0.1) is 0 Å². The van der Waals surface area contributed by atoms with Crippen molar-refractivity contribution in [1.82, 2.24) is 0 Å². The number of methoxy groups -OCH3 is 1. The van der Waals surface area contributed by atoms with Gasteiger partial charge in [0.1, 0.15) is 0 Å². The monoisotopic (exact) mass is 397 g/mol. The molecule has 0 fully saturated rings. The first-order valence-corrected chi connectivity index (χ1v) is 9.83. The number of amides is 1. The predicted octanol–water partition coefficient (Wildman–Crippen LogP) is 5.33. The van der Waals surface area contributed by atoms with Crippen LogP contribution in [0.3, 0.4) is 0 Å². The molecule has 3 aromatic carbocycles. The van der Waals surface area contributed by atoms with Crippen molar-refractivity contribution >= 4 is 34.4 Å². The van der Waals surface area contributed by atoms with Crippen molar-refractivity contribution in [2.75, 3.05) is 12.0 Å². The Balaban J connectivity index is 1.90. The number of nitrogens with zero attached hydrogens (tertiary/aromatic N) is 1. The molecule has 1 aliphatic rings. The number of rotatable bonds is 3. The molecular formula is C26H23NO3. The van der Waals surface area contributed by atoms with Crippen LogP contribution in [0, 0.1) is 13.8 Å². The summed E-state index contributed by atoms with van der Waals surface area (Å²) in [6.45, 7) is 5.81. The first-order chi connectivity index (χ1) is 14.4. The number of esters is 1. The maximum absolute atomic E-state index is 13.5. The average molecular weight is 397 g/mol. The predicted molar refractivity (Wildman–Crippen MR) is 120 cm³/mol. The Bertz CT molecular complexity index is 1240. The van der Waals surface area contributed by atoms with Gasteiger partial charge < -0.3 is 4.74 Å². The summed E-state index contributed by atoms with van der Waals surface area (Å²) in [5.41, 5.74) is 5.06. The van der Waals surface area contributed by atoms with Crippen LogP contribution in [0.2, 0.25) is 0 Å². The van der Waals surface area contributed by atoms with Crippen LogP contribution < -0.4 is 4.90 Å². The number of ether oxygens (including phenoxy) is 1. The lowest BCUT2D eigenvalue weighted by Gasteiger charge is -2.19. The normalized spacial score (nSPS) is 15.4. The molecular weight excluding hydrogens is 374 g/mol. The lowest BCUT2D eigenvalue weighted by Crippen LogP contribution is -2.24. The molecule has 4 rings (SSSR count). The number of hydrogen-bond acceptors (Lipinski definition) is 3. The van der Waals surface area contributed by atoms with Gasteiger partial charge in [-0.3, -0.25) is 9.69 Å². The third-order valence-electron chi connectivity index (χ3n) is 5.66. The molecule has 0 spiro atoms. The summed E-state index contributed by atoms with van der Waals surface area (Å²) < 4.78 is 5.02. The van der Waals surface area contributed by atoms with E-state index in [0.717, 1.165) is 33.2 Å². The Morgan fingerprint density at radius 3 is 2.40 bits per heavy atom. The van der Waals surface area contributed by atoms with Crippen molar-refractivity contribution in [3.05, 3.63) is 94.2 Å². The molecule has 1 amide bonds. The zero-order chi connectivity index (χ0) is 21.4. The SMILES string of the molecule is COC(=O)C1=C(C)N(c2ccc(C)c(C)c2)C(=O)/C1=C\c1cccc2ccccc12. The van der Waals surface area contributed by atoms with E-state index in [9.17, 15) is 9.59 Å². The molecule has 4 heteroatoms. The van der Waals surface area contributed by atoms with E-state index < -0.39 is 5.97 Å². The number of carbonyl (C=O) groups is 2. The Morgan fingerprint density at radius 2 is 1.67 bits per heavy atom. The molecule has 0 unspecified atom stereocenters. The summed E-state index contributed by atoms with van der Waals surface area (Å²) in [7, 11) is 1.33. The molecule has 0 aliphatic carbocycles. The smallest absolute Gasteiger partial charge is 0.340 e. The van der Waals surface area contributed by atoms with Gasteiger partial charge in [0, 0.05) is 11.4 Å². The van der Waals surface area contributed by atoms with Crippen molar-refractivity contribution in [2.24, 2.45) is 0 Å². The number of aryl methyl sites for hydroxylation is 2. The summed E-state index contributed by atoms with van der Waals surface area (Å²) >= 11 is 0.